The standard InChI is InChI=1S/C26H30N6O3/c1-33-20-7-9-25(34-2)24(14-20)31(11-10-27)19-6-8-21-22(13-19)30-23(16-28-21)18-15-29-32(17-18)26-5-3-4-12-35-26/h6-9,13-17,26H,3-5,10-12,27H2,1-2H3. The van der Waals surface area contributed by atoms with E-state index >= 15 is 0 Å². The van der Waals surface area contributed by atoms with Crippen molar-refractivity contribution >= 4 is 22.4 Å². The number of nitrogens with zero attached hydrogens (tertiary/aromatic N) is 5. The molecule has 5 rings (SSSR count). The van der Waals surface area contributed by atoms with Gasteiger partial charge in [0.1, 0.15) is 17.7 Å². The monoisotopic (exact) mass is 474 g/mol. The summed E-state index contributed by atoms with van der Waals surface area (Å²) in [6, 6.07) is 11.7. The summed E-state index contributed by atoms with van der Waals surface area (Å²) in [5.74, 6) is 1.47. The van der Waals surface area contributed by atoms with E-state index in [-0.39, 0.29) is 6.23 Å². The molecular weight excluding hydrogens is 444 g/mol. The Morgan fingerprint density at radius 2 is 2.00 bits per heavy atom. The molecule has 35 heavy (non-hydrogen) atoms. The van der Waals surface area contributed by atoms with E-state index in [1.807, 2.05) is 53.5 Å². The number of hydrogen-bond donors (Lipinski definition) is 1. The molecule has 1 aliphatic rings. The average molecular weight is 475 g/mol. The van der Waals surface area contributed by atoms with Crippen molar-refractivity contribution in [2.75, 3.05) is 38.8 Å². The Balaban J connectivity index is 1.50. The summed E-state index contributed by atoms with van der Waals surface area (Å²) in [5, 5.41) is 4.52. The van der Waals surface area contributed by atoms with Crippen molar-refractivity contribution in [3.05, 3.63) is 55.0 Å². The number of hydrogen-bond acceptors (Lipinski definition) is 8. The molecule has 1 aliphatic heterocycles. The van der Waals surface area contributed by atoms with Crippen LogP contribution in [0.1, 0.15) is 25.5 Å². The van der Waals surface area contributed by atoms with E-state index in [9.17, 15) is 0 Å². The maximum absolute atomic E-state index is 5.98. The summed E-state index contributed by atoms with van der Waals surface area (Å²) in [6.45, 7) is 1.83. The molecule has 0 amide bonds. The molecule has 2 aromatic heterocycles. The summed E-state index contributed by atoms with van der Waals surface area (Å²) in [5.41, 5.74) is 11.1. The molecule has 182 valence electrons. The Bertz CT molecular complexity index is 1300. The van der Waals surface area contributed by atoms with Crippen LogP contribution in [0.25, 0.3) is 22.3 Å². The Kier molecular flexibility index (Phi) is 6.78. The van der Waals surface area contributed by atoms with Gasteiger partial charge in [0.2, 0.25) is 0 Å². The highest BCUT2D eigenvalue weighted by Crippen LogP contribution is 2.37. The van der Waals surface area contributed by atoms with Crippen molar-refractivity contribution < 1.29 is 14.2 Å². The second-order valence-electron chi connectivity index (χ2n) is 8.44. The van der Waals surface area contributed by atoms with E-state index in [0.717, 1.165) is 71.0 Å². The van der Waals surface area contributed by atoms with Gasteiger partial charge in [-0.1, -0.05) is 0 Å². The third kappa shape index (κ3) is 4.78. The molecule has 4 aromatic rings. The molecule has 1 unspecified atom stereocenters. The van der Waals surface area contributed by atoms with Gasteiger partial charge >= 0.3 is 0 Å². The van der Waals surface area contributed by atoms with Crippen molar-refractivity contribution in [2.45, 2.75) is 25.5 Å². The van der Waals surface area contributed by atoms with Crippen LogP contribution in [-0.2, 0) is 4.74 Å². The number of benzene rings is 2. The first-order valence-electron chi connectivity index (χ1n) is 11.8. The number of ether oxygens (including phenoxy) is 3. The summed E-state index contributed by atoms with van der Waals surface area (Å²) >= 11 is 0. The van der Waals surface area contributed by atoms with Crippen LogP contribution in [-0.4, -0.2) is 53.7 Å². The highest BCUT2D eigenvalue weighted by Gasteiger charge is 2.18. The third-order valence-corrected chi connectivity index (χ3v) is 6.21. The number of methoxy groups -OCH3 is 2. The predicted octanol–water partition coefficient (Wildman–Crippen LogP) is 4.31. The Hall–Kier alpha value is -3.69. The van der Waals surface area contributed by atoms with Gasteiger partial charge in [0, 0.05) is 43.2 Å². The minimum atomic E-state index is -0.0137. The van der Waals surface area contributed by atoms with Gasteiger partial charge in [-0.25, -0.2) is 9.67 Å². The van der Waals surface area contributed by atoms with Crippen LogP contribution in [0, 0.1) is 0 Å². The fourth-order valence-corrected chi connectivity index (χ4v) is 4.39. The molecular formula is C26H30N6O3. The Morgan fingerprint density at radius 1 is 1.09 bits per heavy atom. The molecule has 9 nitrogen and oxygen atoms in total. The number of rotatable bonds is 8. The van der Waals surface area contributed by atoms with E-state index in [1.54, 1.807) is 20.4 Å². The molecule has 0 saturated carbocycles. The molecule has 1 atom stereocenters. The predicted molar refractivity (Wildman–Crippen MR) is 135 cm³/mol. The van der Waals surface area contributed by atoms with Crippen molar-refractivity contribution in [3.8, 4) is 22.8 Å². The van der Waals surface area contributed by atoms with Gasteiger partial charge in [0.15, 0.2) is 0 Å². The van der Waals surface area contributed by atoms with Crippen molar-refractivity contribution in [2.24, 2.45) is 5.73 Å². The Morgan fingerprint density at radius 3 is 2.77 bits per heavy atom. The van der Waals surface area contributed by atoms with E-state index in [0.29, 0.717) is 13.1 Å². The second kappa shape index (κ2) is 10.3. The van der Waals surface area contributed by atoms with Crippen LogP contribution >= 0.6 is 0 Å². The average Bonchev–Trinajstić information content (AvgIpc) is 3.42. The zero-order valence-corrected chi connectivity index (χ0v) is 20.1. The molecule has 9 heteroatoms. The van der Waals surface area contributed by atoms with Gasteiger partial charge in [-0.2, -0.15) is 5.10 Å². The lowest BCUT2D eigenvalue weighted by Gasteiger charge is -2.26. The van der Waals surface area contributed by atoms with Crippen LogP contribution in [0.5, 0.6) is 11.5 Å². The zero-order valence-electron chi connectivity index (χ0n) is 20.1. The molecule has 3 heterocycles. The molecule has 1 fully saturated rings. The zero-order chi connectivity index (χ0) is 24.2. The van der Waals surface area contributed by atoms with Gasteiger partial charge in [0.25, 0.3) is 0 Å². The molecule has 1 saturated heterocycles. The maximum atomic E-state index is 5.98. The van der Waals surface area contributed by atoms with Crippen LogP contribution in [0.15, 0.2) is 55.0 Å². The van der Waals surface area contributed by atoms with Crippen LogP contribution in [0.2, 0.25) is 0 Å². The van der Waals surface area contributed by atoms with Crippen LogP contribution in [0.3, 0.4) is 0 Å². The number of fused-ring (bicyclic) bond motifs is 1. The lowest BCUT2D eigenvalue weighted by Crippen LogP contribution is -2.25. The van der Waals surface area contributed by atoms with E-state index < -0.39 is 0 Å². The van der Waals surface area contributed by atoms with Gasteiger partial charge < -0.3 is 24.8 Å². The minimum absolute atomic E-state index is 0.0137. The first-order valence-corrected chi connectivity index (χ1v) is 11.8. The Labute approximate surface area is 204 Å². The quantitative estimate of drug-likeness (QED) is 0.403. The van der Waals surface area contributed by atoms with Crippen molar-refractivity contribution in [1.29, 1.82) is 0 Å². The van der Waals surface area contributed by atoms with E-state index in [1.165, 1.54) is 0 Å². The van der Waals surface area contributed by atoms with Crippen LogP contribution in [0.4, 0.5) is 11.4 Å². The first-order chi connectivity index (χ1) is 17.2. The number of nitrogens with two attached hydrogens (primary N) is 1. The summed E-state index contributed by atoms with van der Waals surface area (Å²) in [6.07, 6.45) is 8.80. The SMILES string of the molecule is COc1ccc(OC)c(N(CCN)c2ccc3ncc(-c4cnn(C5CCCCO5)c4)nc3c2)c1. The van der Waals surface area contributed by atoms with Crippen molar-refractivity contribution in [3.63, 3.8) is 0 Å². The highest BCUT2D eigenvalue weighted by atomic mass is 16.5. The van der Waals surface area contributed by atoms with Gasteiger partial charge in [-0.15, -0.1) is 0 Å². The lowest BCUT2D eigenvalue weighted by atomic mass is 10.2. The maximum Gasteiger partial charge on any atom is 0.150 e. The topological polar surface area (TPSA) is 101 Å². The lowest BCUT2D eigenvalue weighted by molar-refractivity contribution is -0.0394. The van der Waals surface area contributed by atoms with Gasteiger partial charge in [-0.05, 0) is 49.6 Å². The third-order valence-electron chi connectivity index (χ3n) is 6.21. The molecule has 0 radical (unpaired) electrons. The van der Waals surface area contributed by atoms with Crippen molar-refractivity contribution in [1.82, 2.24) is 19.7 Å². The molecule has 2 N–H and O–H groups in total. The fraction of sp³-hybridized carbons (Fsp3) is 0.346. The van der Waals surface area contributed by atoms with Gasteiger partial charge in [-0.3, -0.25) is 4.98 Å². The number of aromatic nitrogens is 4. The highest BCUT2D eigenvalue weighted by molar-refractivity contribution is 5.83. The second-order valence-corrected chi connectivity index (χ2v) is 8.44. The van der Waals surface area contributed by atoms with E-state index in [2.05, 4.69) is 15.0 Å². The fourth-order valence-electron chi connectivity index (χ4n) is 4.39. The normalized spacial score (nSPS) is 15.8. The smallest absolute Gasteiger partial charge is 0.150 e. The van der Waals surface area contributed by atoms with E-state index in [4.69, 9.17) is 24.9 Å². The number of anilines is 2. The molecule has 0 aliphatic carbocycles. The summed E-state index contributed by atoms with van der Waals surface area (Å²) in [4.78, 5) is 11.7. The molecule has 0 bridgehead atoms. The molecule has 2 aromatic carbocycles. The van der Waals surface area contributed by atoms with Crippen LogP contribution < -0.4 is 20.1 Å². The van der Waals surface area contributed by atoms with Gasteiger partial charge in [0.05, 0.1) is 49.0 Å². The molecule has 0 spiro atoms. The largest absolute Gasteiger partial charge is 0.497 e. The first kappa shape index (κ1) is 23.1. The minimum Gasteiger partial charge on any atom is -0.497 e. The summed E-state index contributed by atoms with van der Waals surface area (Å²) < 4.78 is 18.8. The summed E-state index contributed by atoms with van der Waals surface area (Å²) in [7, 11) is 3.30.